The predicted molar refractivity (Wildman–Crippen MR) is 274 cm³/mol. The molecule has 1 nitrogen and oxygen atoms in total. The summed E-state index contributed by atoms with van der Waals surface area (Å²) in [5.74, 6) is 0. The molecule has 0 saturated heterocycles. The van der Waals surface area contributed by atoms with Crippen molar-refractivity contribution in [2.75, 3.05) is 4.90 Å². The monoisotopic (exact) mass is 847 g/mol. The van der Waals surface area contributed by atoms with Crippen molar-refractivity contribution in [2.45, 2.75) is 5.41 Å². The average Bonchev–Trinajstić information content (AvgIpc) is 4.09. The van der Waals surface area contributed by atoms with Crippen LogP contribution in [0.25, 0.3) is 84.9 Å². The molecule has 0 atom stereocenters. The third-order valence-electron chi connectivity index (χ3n) is 13.9. The van der Waals surface area contributed by atoms with Gasteiger partial charge < -0.3 is 4.90 Å². The highest BCUT2D eigenvalue weighted by Crippen LogP contribution is 2.65. The third-order valence-corrected chi connectivity index (χ3v) is 16.1. The third kappa shape index (κ3) is 4.99. The first-order valence-corrected chi connectivity index (χ1v) is 23.6. The Bertz CT molecular complexity index is 3790. The largest absolute Gasteiger partial charge is 0.310 e. The molecule has 0 amide bonds. The molecule has 0 N–H and O–H groups in total. The number of hydrogen-bond donors (Lipinski definition) is 0. The van der Waals surface area contributed by atoms with E-state index < -0.39 is 5.41 Å². The molecule has 12 aromatic rings. The lowest BCUT2D eigenvalue weighted by atomic mass is 9.70. The van der Waals surface area contributed by atoms with Gasteiger partial charge in [0.2, 0.25) is 0 Å². The van der Waals surface area contributed by atoms with E-state index in [4.69, 9.17) is 0 Å². The van der Waals surface area contributed by atoms with Crippen LogP contribution in [0, 0.1) is 0 Å². The minimum absolute atomic E-state index is 0.424. The van der Waals surface area contributed by atoms with E-state index in [2.05, 4.69) is 229 Å². The number of benzene rings is 10. The lowest BCUT2D eigenvalue weighted by Gasteiger charge is -2.30. The van der Waals surface area contributed by atoms with Crippen molar-refractivity contribution >= 4 is 80.1 Å². The molecule has 0 fully saturated rings. The van der Waals surface area contributed by atoms with Crippen LogP contribution < -0.4 is 4.90 Å². The van der Waals surface area contributed by atoms with E-state index >= 15 is 0 Å². The SMILES string of the molecule is c1ccc(-c2ccc(N(c3ccc(-c4c5c(cc6sc7ccccc7c46)C4(c6ccccc6-c6ccccc64)c4ccccc4-5)cc3)c3ccc4c(c3)sc3ccccc34)cc2)cc1. The summed E-state index contributed by atoms with van der Waals surface area (Å²) in [6.07, 6.45) is 0. The highest BCUT2D eigenvalue weighted by atomic mass is 32.1. The fraction of sp³-hybridized carbons (Fsp3) is 0.0164. The molecule has 14 rings (SSSR count). The van der Waals surface area contributed by atoms with Crippen molar-refractivity contribution in [1.29, 1.82) is 0 Å². The highest BCUT2D eigenvalue weighted by Gasteiger charge is 2.52. The number of thiophene rings is 2. The maximum Gasteiger partial charge on any atom is 0.0726 e. The van der Waals surface area contributed by atoms with E-state index in [1.54, 1.807) is 0 Å². The number of rotatable bonds is 5. The Labute approximate surface area is 379 Å². The molecule has 298 valence electrons. The van der Waals surface area contributed by atoms with Gasteiger partial charge >= 0.3 is 0 Å². The van der Waals surface area contributed by atoms with Gasteiger partial charge in [-0.15, -0.1) is 22.7 Å². The van der Waals surface area contributed by atoms with Crippen LogP contribution >= 0.6 is 22.7 Å². The predicted octanol–water partition coefficient (Wildman–Crippen LogP) is 17.6. The first kappa shape index (κ1) is 36.0. The molecule has 1 spiro atoms. The van der Waals surface area contributed by atoms with Crippen molar-refractivity contribution in [3.8, 4) is 44.5 Å². The normalized spacial score (nSPS) is 13.1. The number of nitrogens with zero attached hydrogens (tertiary/aromatic N) is 1. The number of anilines is 3. The van der Waals surface area contributed by atoms with Crippen LogP contribution in [0.2, 0.25) is 0 Å². The van der Waals surface area contributed by atoms with Gasteiger partial charge in [-0.2, -0.15) is 0 Å². The molecule has 64 heavy (non-hydrogen) atoms. The summed E-state index contributed by atoms with van der Waals surface area (Å²) < 4.78 is 5.24. The van der Waals surface area contributed by atoms with E-state index in [0.29, 0.717) is 0 Å². The summed E-state index contributed by atoms with van der Waals surface area (Å²) in [5.41, 5.74) is 18.7. The second-order valence-corrected chi connectivity index (χ2v) is 19.3. The first-order valence-electron chi connectivity index (χ1n) is 22.0. The van der Waals surface area contributed by atoms with Crippen LogP contribution in [0.4, 0.5) is 17.1 Å². The van der Waals surface area contributed by atoms with Gasteiger partial charge in [-0.25, -0.2) is 0 Å². The molecule has 2 aliphatic rings. The fourth-order valence-corrected chi connectivity index (χ4v) is 13.5. The van der Waals surface area contributed by atoms with Crippen molar-refractivity contribution in [3.63, 3.8) is 0 Å². The van der Waals surface area contributed by atoms with Gasteiger partial charge in [0, 0.05) is 57.4 Å². The van der Waals surface area contributed by atoms with Gasteiger partial charge in [0.05, 0.1) is 5.41 Å². The second-order valence-electron chi connectivity index (χ2n) is 17.1. The maximum absolute atomic E-state index is 2.55. The van der Waals surface area contributed by atoms with Gasteiger partial charge in [0.1, 0.15) is 0 Å². The first-order chi connectivity index (χ1) is 31.7. The minimum atomic E-state index is -0.424. The molecule has 0 aliphatic heterocycles. The Balaban J connectivity index is 0.999. The van der Waals surface area contributed by atoms with E-state index in [-0.39, 0.29) is 0 Å². The van der Waals surface area contributed by atoms with Crippen LogP contribution in [0.3, 0.4) is 0 Å². The quantitative estimate of drug-likeness (QED) is 0.167. The summed E-state index contributed by atoms with van der Waals surface area (Å²) in [5, 5.41) is 5.26. The summed E-state index contributed by atoms with van der Waals surface area (Å²) in [7, 11) is 0. The van der Waals surface area contributed by atoms with Gasteiger partial charge in [0.25, 0.3) is 0 Å². The minimum Gasteiger partial charge on any atom is -0.310 e. The summed E-state index contributed by atoms with van der Waals surface area (Å²) in [6, 6.07) is 83.8. The van der Waals surface area contributed by atoms with E-state index in [9.17, 15) is 0 Å². The Morgan fingerprint density at radius 1 is 0.297 bits per heavy atom. The van der Waals surface area contributed by atoms with Crippen LogP contribution in [0.1, 0.15) is 22.3 Å². The molecule has 3 heteroatoms. The van der Waals surface area contributed by atoms with Crippen molar-refractivity contribution in [3.05, 3.63) is 247 Å². The number of fused-ring (bicyclic) bond motifs is 16. The maximum atomic E-state index is 2.55. The van der Waals surface area contributed by atoms with E-state index in [1.807, 2.05) is 22.7 Å². The van der Waals surface area contributed by atoms with Crippen molar-refractivity contribution in [2.24, 2.45) is 0 Å². The smallest absolute Gasteiger partial charge is 0.0726 e. The zero-order valence-electron chi connectivity index (χ0n) is 34.6. The van der Waals surface area contributed by atoms with Gasteiger partial charge in [-0.05, 0) is 121 Å². The molecule has 2 heterocycles. The second kappa shape index (κ2) is 13.7. The van der Waals surface area contributed by atoms with E-state index in [1.165, 1.54) is 107 Å². The molecular formula is C61H37NS2. The summed E-state index contributed by atoms with van der Waals surface area (Å²) >= 11 is 3.78. The Morgan fingerprint density at radius 2 is 0.781 bits per heavy atom. The standard InChI is InChI=1S/C61H37NS2/c1-2-14-38(15-3-1)39-26-30-41(31-27-39)62(43-34-35-47-46-18-7-12-24-54(46)63-56(47)36-43)42-32-28-40(29-33-42)58-59-48-19-6-11-23-52(48)61(50-21-9-4-16-44(50)45-17-5-10-22-51(45)61)53(59)37-57-60(58)49-20-8-13-25-55(49)64-57/h1-37H. The zero-order valence-corrected chi connectivity index (χ0v) is 36.3. The van der Waals surface area contributed by atoms with Gasteiger partial charge in [0.15, 0.2) is 0 Å². The molecule has 2 aromatic heterocycles. The fourth-order valence-electron chi connectivity index (χ4n) is 11.3. The summed E-state index contributed by atoms with van der Waals surface area (Å²) in [4.78, 5) is 2.42. The van der Waals surface area contributed by atoms with Crippen LogP contribution in [0.15, 0.2) is 224 Å². The Kier molecular flexibility index (Phi) is 7.71. The van der Waals surface area contributed by atoms with Crippen molar-refractivity contribution < 1.29 is 0 Å². The van der Waals surface area contributed by atoms with Crippen molar-refractivity contribution in [1.82, 2.24) is 0 Å². The highest BCUT2D eigenvalue weighted by molar-refractivity contribution is 7.26. The number of hydrogen-bond acceptors (Lipinski definition) is 3. The topological polar surface area (TPSA) is 3.24 Å². The molecule has 0 unspecified atom stereocenters. The van der Waals surface area contributed by atoms with Crippen LogP contribution in [-0.2, 0) is 5.41 Å². The molecule has 0 radical (unpaired) electrons. The molecule has 2 aliphatic carbocycles. The molecule has 0 bridgehead atoms. The van der Waals surface area contributed by atoms with Gasteiger partial charge in [-0.1, -0.05) is 170 Å². The summed E-state index contributed by atoms with van der Waals surface area (Å²) in [6.45, 7) is 0. The molecule has 10 aromatic carbocycles. The molecule has 0 saturated carbocycles. The average molecular weight is 848 g/mol. The lowest BCUT2D eigenvalue weighted by Crippen LogP contribution is -2.25. The lowest BCUT2D eigenvalue weighted by molar-refractivity contribution is 0.795. The molecular weight excluding hydrogens is 811 g/mol. The Morgan fingerprint density at radius 3 is 1.47 bits per heavy atom. The van der Waals surface area contributed by atoms with E-state index in [0.717, 1.165) is 17.1 Å². The van der Waals surface area contributed by atoms with Crippen LogP contribution in [-0.4, -0.2) is 0 Å². The van der Waals surface area contributed by atoms with Gasteiger partial charge in [-0.3, -0.25) is 0 Å². The van der Waals surface area contributed by atoms with Crippen LogP contribution in [0.5, 0.6) is 0 Å². The Hall–Kier alpha value is -7.56. The zero-order chi connectivity index (χ0) is 41.9.